The second-order valence-electron chi connectivity index (χ2n) is 3.34. The SMILES string of the molecule is CC(CO)(NC(N)=O)C1CC1. The van der Waals surface area contributed by atoms with Gasteiger partial charge in [0.1, 0.15) is 0 Å². The molecule has 1 fully saturated rings. The van der Waals surface area contributed by atoms with Crippen molar-refractivity contribution < 1.29 is 9.90 Å². The zero-order chi connectivity index (χ0) is 8.48. The van der Waals surface area contributed by atoms with Gasteiger partial charge in [-0.2, -0.15) is 0 Å². The largest absolute Gasteiger partial charge is 0.394 e. The fourth-order valence-electron chi connectivity index (χ4n) is 1.27. The molecular formula is C7H14N2O2. The van der Waals surface area contributed by atoms with Crippen molar-refractivity contribution in [1.29, 1.82) is 0 Å². The number of hydrogen-bond donors (Lipinski definition) is 3. The van der Waals surface area contributed by atoms with Crippen LogP contribution in [0, 0.1) is 5.92 Å². The summed E-state index contributed by atoms with van der Waals surface area (Å²) in [7, 11) is 0. The lowest BCUT2D eigenvalue weighted by molar-refractivity contribution is 0.158. The molecule has 0 aromatic carbocycles. The van der Waals surface area contributed by atoms with Crippen LogP contribution >= 0.6 is 0 Å². The van der Waals surface area contributed by atoms with E-state index in [1.807, 2.05) is 6.92 Å². The molecule has 0 heterocycles. The highest BCUT2D eigenvalue weighted by atomic mass is 16.3. The van der Waals surface area contributed by atoms with Gasteiger partial charge in [0.05, 0.1) is 12.1 Å². The third kappa shape index (κ3) is 1.83. The highest BCUT2D eigenvalue weighted by molar-refractivity contribution is 5.72. The Morgan fingerprint density at radius 3 is 2.64 bits per heavy atom. The molecule has 0 bridgehead atoms. The number of aliphatic hydroxyl groups excluding tert-OH is 1. The highest BCUT2D eigenvalue weighted by Crippen LogP contribution is 2.39. The van der Waals surface area contributed by atoms with Crippen molar-refractivity contribution in [1.82, 2.24) is 5.32 Å². The zero-order valence-corrected chi connectivity index (χ0v) is 6.63. The molecule has 2 amide bonds. The summed E-state index contributed by atoms with van der Waals surface area (Å²) in [5.41, 5.74) is 4.46. The van der Waals surface area contributed by atoms with Crippen LogP contribution in [0.4, 0.5) is 4.79 Å². The predicted molar refractivity (Wildman–Crippen MR) is 40.9 cm³/mol. The van der Waals surface area contributed by atoms with E-state index in [9.17, 15) is 4.79 Å². The monoisotopic (exact) mass is 158 g/mol. The second kappa shape index (κ2) is 2.70. The smallest absolute Gasteiger partial charge is 0.312 e. The topological polar surface area (TPSA) is 75.3 Å². The van der Waals surface area contributed by atoms with Gasteiger partial charge in [0.2, 0.25) is 0 Å². The van der Waals surface area contributed by atoms with E-state index in [-0.39, 0.29) is 6.61 Å². The first-order valence-electron chi connectivity index (χ1n) is 3.77. The van der Waals surface area contributed by atoms with Gasteiger partial charge in [-0.3, -0.25) is 0 Å². The Morgan fingerprint density at radius 2 is 2.36 bits per heavy atom. The van der Waals surface area contributed by atoms with E-state index in [1.54, 1.807) is 0 Å². The van der Waals surface area contributed by atoms with Crippen molar-refractivity contribution in [2.24, 2.45) is 11.7 Å². The van der Waals surface area contributed by atoms with Crippen LogP contribution in [0.15, 0.2) is 0 Å². The van der Waals surface area contributed by atoms with Gasteiger partial charge in [-0.05, 0) is 25.7 Å². The van der Waals surface area contributed by atoms with Gasteiger partial charge in [0.15, 0.2) is 0 Å². The molecule has 0 spiro atoms. The first kappa shape index (κ1) is 8.33. The van der Waals surface area contributed by atoms with Crippen molar-refractivity contribution in [3.63, 3.8) is 0 Å². The van der Waals surface area contributed by atoms with Gasteiger partial charge < -0.3 is 16.2 Å². The van der Waals surface area contributed by atoms with Crippen LogP contribution in [0.3, 0.4) is 0 Å². The van der Waals surface area contributed by atoms with Gasteiger partial charge in [0.25, 0.3) is 0 Å². The van der Waals surface area contributed by atoms with E-state index in [0.29, 0.717) is 5.92 Å². The first-order valence-corrected chi connectivity index (χ1v) is 3.77. The number of nitrogens with one attached hydrogen (secondary N) is 1. The average molecular weight is 158 g/mol. The molecule has 1 aliphatic carbocycles. The van der Waals surface area contributed by atoms with Gasteiger partial charge >= 0.3 is 6.03 Å². The lowest BCUT2D eigenvalue weighted by Gasteiger charge is -2.27. The summed E-state index contributed by atoms with van der Waals surface area (Å²) in [5, 5.41) is 11.5. The third-order valence-corrected chi connectivity index (χ3v) is 2.22. The van der Waals surface area contributed by atoms with E-state index in [2.05, 4.69) is 5.32 Å². The molecule has 11 heavy (non-hydrogen) atoms. The lowest BCUT2D eigenvalue weighted by atomic mass is 9.97. The minimum Gasteiger partial charge on any atom is -0.394 e. The van der Waals surface area contributed by atoms with Crippen molar-refractivity contribution >= 4 is 6.03 Å². The number of urea groups is 1. The maximum atomic E-state index is 10.5. The molecule has 4 nitrogen and oxygen atoms in total. The van der Waals surface area contributed by atoms with Gasteiger partial charge in [-0.25, -0.2) is 4.79 Å². The van der Waals surface area contributed by atoms with Gasteiger partial charge in [0, 0.05) is 0 Å². The Labute approximate surface area is 65.8 Å². The molecule has 1 aliphatic rings. The highest BCUT2D eigenvalue weighted by Gasteiger charge is 2.41. The molecular weight excluding hydrogens is 144 g/mol. The first-order chi connectivity index (χ1) is 5.08. The van der Waals surface area contributed by atoms with Gasteiger partial charge in [-0.1, -0.05) is 0 Å². The quantitative estimate of drug-likeness (QED) is 0.532. The normalized spacial score (nSPS) is 22.4. The molecule has 1 saturated carbocycles. The Balaban J connectivity index is 2.51. The fraction of sp³-hybridized carbons (Fsp3) is 0.857. The molecule has 4 heteroatoms. The Kier molecular flexibility index (Phi) is 2.04. The van der Waals surface area contributed by atoms with E-state index in [4.69, 9.17) is 10.8 Å². The number of amides is 2. The van der Waals surface area contributed by atoms with Crippen LogP contribution in [0.25, 0.3) is 0 Å². The lowest BCUT2D eigenvalue weighted by Crippen LogP contribution is -2.52. The van der Waals surface area contributed by atoms with E-state index < -0.39 is 11.6 Å². The van der Waals surface area contributed by atoms with Crippen LogP contribution in [-0.4, -0.2) is 23.3 Å². The summed E-state index contributed by atoms with van der Waals surface area (Å²) >= 11 is 0. The molecule has 0 aromatic rings. The van der Waals surface area contributed by atoms with Crippen LogP contribution in [0.2, 0.25) is 0 Å². The van der Waals surface area contributed by atoms with Gasteiger partial charge in [-0.15, -0.1) is 0 Å². The molecule has 1 unspecified atom stereocenters. The van der Waals surface area contributed by atoms with Crippen LogP contribution in [0.5, 0.6) is 0 Å². The van der Waals surface area contributed by atoms with E-state index >= 15 is 0 Å². The average Bonchev–Trinajstić information content (AvgIpc) is 2.66. The molecule has 64 valence electrons. The molecule has 4 N–H and O–H groups in total. The molecule has 0 radical (unpaired) electrons. The molecule has 1 atom stereocenters. The number of hydrogen-bond acceptors (Lipinski definition) is 2. The van der Waals surface area contributed by atoms with E-state index in [1.165, 1.54) is 0 Å². The minimum absolute atomic E-state index is 0.0411. The summed E-state index contributed by atoms with van der Waals surface area (Å²) in [6.07, 6.45) is 2.13. The molecule has 0 saturated heterocycles. The summed E-state index contributed by atoms with van der Waals surface area (Å²) < 4.78 is 0. The standard InChI is InChI=1S/C7H14N2O2/c1-7(4-10,5-2-3-5)9-6(8)11/h5,10H,2-4H2,1H3,(H3,8,9,11). The fourth-order valence-corrected chi connectivity index (χ4v) is 1.27. The molecule has 1 rings (SSSR count). The minimum atomic E-state index is -0.562. The van der Waals surface area contributed by atoms with Crippen molar-refractivity contribution in [2.75, 3.05) is 6.61 Å². The Hall–Kier alpha value is -0.770. The van der Waals surface area contributed by atoms with E-state index in [0.717, 1.165) is 12.8 Å². The number of carbonyl (C=O) groups excluding carboxylic acids is 1. The van der Waals surface area contributed by atoms with Crippen molar-refractivity contribution in [3.8, 4) is 0 Å². The maximum Gasteiger partial charge on any atom is 0.312 e. The molecule has 0 aliphatic heterocycles. The summed E-state index contributed by atoms with van der Waals surface area (Å²) in [4.78, 5) is 10.5. The number of primary amides is 1. The van der Waals surface area contributed by atoms with Crippen LogP contribution < -0.4 is 11.1 Å². The van der Waals surface area contributed by atoms with Crippen molar-refractivity contribution in [3.05, 3.63) is 0 Å². The molecule has 0 aromatic heterocycles. The summed E-state index contributed by atoms with van der Waals surface area (Å²) in [6, 6.07) is -0.562. The second-order valence-corrected chi connectivity index (χ2v) is 3.34. The third-order valence-electron chi connectivity index (χ3n) is 2.22. The number of carbonyl (C=O) groups is 1. The Morgan fingerprint density at radius 1 is 1.82 bits per heavy atom. The number of aliphatic hydroxyl groups is 1. The summed E-state index contributed by atoms with van der Waals surface area (Å²) in [5.74, 6) is 0.403. The number of rotatable bonds is 3. The maximum absolute atomic E-state index is 10.5. The number of nitrogens with two attached hydrogens (primary N) is 1. The van der Waals surface area contributed by atoms with Crippen LogP contribution in [-0.2, 0) is 0 Å². The Bertz CT molecular complexity index is 168. The summed E-state index contributed by atoms with van der Waals surface area (Å²) in [6.45, 7) is 1.77. The van der Waals surface area contributed by atoms with Crippen molar-refractivity contribution in [2.45, 2.75) is 25.3 Å². The zero-order valence-electron chi connectivity index (χ0n) is 6.63. The van der Waals surface area contributed by atoms with Crippen LogP contribution in [0.1, 0.15) is 19.8 Å². The predicted octanol–water partition coefficient (Wildman–Crippen LogP) is -0.184.